The molecule has 8 heteroatoms. The minimum absolute atomic E-state index is 0.0215. The van der Waals surface area contributed by atoms with E-state index in [0.717, 1.165) is 0 Å². The Morgan fingerprint density at radius 2 is 2.25 bits per heavy atom. The van der Waals surface area contributed by atoms with Crippen molar-refractivity contribution >= 4 is 15.7 Å². The summed E-state index contributed by atoms with van der Waals surface area (Å²) in [5, 5.41) is 8.87. The van der Waals surface area contributed by atoms with Gasteiger partial charge in [0.05, 0.1) is 29.7 Å². The highest BCUT2D eigenvalue weighted by Gasteiger charge is 2.34. The van der Waals surface area contributed by atoms with Crippen LogP contribution in [0.2, 0.25) is 0 Å². The first-order valence-electron chi connectivity index (χ1n) is 7.57. The molecule has 1 aromatic rings. The summed E-state index contributed by atoms with van der Waals surface area (Å²) in [6.45, 7) is 0.429. The van der Waals surface area contributed by atoms with E-state index in [1.54, 1.807) is 24.3 Å². The fourth-order valence-electron chi connectivity index (χ4n) is 2.61. The lowest BCUT2D eigenvalue weighted by Crippen LogP contribution is -2.45. The minimum Gasteiger partial charge on any atom is -0.484 e. The van der Waals surface area contributed by atoms with Gasteiger partial charge in [0.2, 0.25) is 0 Å². The number of ether oxygens (including phenoxy) is 2. The highest BCUT2D eigenvalue weighted by Crippen LogP contribution is 2.19. The lowest BCUT2D eigenvalue weighted by atomic mass is 10.2. The molecule has 0 aromatic heterocycles. The van der Waals surface area contributed by atoms with E-state index in [4.69, 9.17) is 14.7 Å². The third-order valence-corrected chi connectivity index (χ3v) is 5.58. The molecule has 0 N–H and O–H groups in total. The predicted octanol–water partition coefficient (Wildman–Crippen LogP) is 0.599. The fraction of sp³-hybridized carbons (Fsp3) is 0.500. The number of hydrogen-bond acceptors (Lipinski definition) is 6. The standard InChI is InChI=1S/C16H20N2O5S/c1-22-7-6-18(14-5-8-24(20,21)12-14)16(19)11-23-15-4-2-3-13(9-15)10-17/h2-4,9,14H,5-8,11-12H2,1H3/t14-/m1/s1. The van der Waals surface area contributed by atoms with Crippen LogP contribution in [-0.2, 0) is 19.4 Å². The molecule has 0 spiro atoms. The molecule has 1 heterocycles. The molecule has 24 heavy (non-hydrogen) atoms. The van der Waals surface area contributed by atoms with E-state index >= 15 is 0 Å². The van der Waals surface area contributed by atoms with Crippen LogP contribution in [0.5, 0.6) is 5.75 Å². The van der Waals surface area contributed by atoms with Crippen molar-refractivity contribution in [1.82, 2.24) is 4.90 Å². The third kappa shape index (κ3) is 4.94. The summed E-state index contributed by atoms with van der Waals surface area (Å²) in [4.78, 5) is 14.0. The minimum atomic E-state index is -3.09. The average molecular weight is 352 g/mol. The van der Waals surface area contributed by atoms with Crippen molar-refractivity contribution in [2.45, 2.75) is 12.5 Å². The van der Waals surface area contributed by atoms with E-state index in [1.807, 2.05) is 6.07 Å². The SMILES string of the molecule is COCCN(C(=O)COc1cccc(C#N)c1)[C@@H]1CCS(=O)(=O)C1. The molecule has 0 unspecified atom stereocenters. The molecule has 0 saturated carbocycles. The van der Waals surface area contributed by atoms with Gasteiger partial charge in [-0.2, -0.15) is 5.26 Å². The Kier molecular flexibility index (Phi) is 6.17. The lowest BCUT2D eigenvalue weighted by Gasteiger charge is -2.28. The van der Waals surface area contributed by atoms with Crippen molar-refractivity contribution in [3.8, 4) is 11.8 Å². The second-order valence-electron chi connectivity index (χ2n) is 5.57. The van der Waals surface area contributed by atoms with Gasteiger partial charge in [-0.25, -0.2) is 8.42 Å². The van der Waals surface area contributed by atoms with Gasteiger partial charge in [-0.05, 0) is 24.6 Å². The van der Waals surface area contributed by atoms with Gasteiger partial charge in [-0.1, -0.05) is 6.07 Å². The molecular formula is C16H20N2O5S. The average Bonchev–Trinajstić information content (AvgIpc) is 2.93. The number of rotatable bonds is 7. The maximum atomic E-state index is 12.5. The van der Waals surface area contributed by atoms with E-state index < -0.39 is 9.84 Å². The summed E-state index contributed by atoms with van der Waals surface area (Å²) >= 11 is 0. The van der Waals surface area contributed by atoms with Crippen molar-refractivity contribution in [3.63, 3.8) is 0 Å². The van der Waals surface area contributed by atoms with Gasteiger partial charge < -0.3 is 14.4 Å². The summed E-state index contributed by atoms with van der Waals surface area (Å²) < 4.78 is 33.8. The molecule has 0 bridgehead atoms. The molecule has 0 aliphatic carbocycles. The Morgan fingerprint density at radius 1 is 1.46 bits per heavy atom. The first kappa shape index (κ1) is 18.2. The topological polar surface area (TPSA) is 96.7 Å². The summed E-state index contributed by atoms with van der Waals surface area (Å²) in [5.41, 5.74) is 0.443. The van der Waals surface area contributed by atoms with Crippen molar-refractivity contribution in [2.24, 2.45) is 0 Å². The number of nitrogens with zero attached hydrogens (tertiary/aromatic N) is 2. The van der Waals surface area contributed by atoms with Crippen molar-refractivity contribution in [2.75, 3.05) is 38.4 Å². The number of hydrogen-bond donors (Lipinski definition) is 0. The molecule has 130 valence electrons. The summed E-state index contributed by atoms with van der Waals surface area (Å²) in [6.07, 6.45) is 0.432. The van der Waals surface area contributed by atoms with E-state index in [2.05, 4.69) is 0 Å². The molecule has 2 rings (SSSR count). The number of amides is 1. The van der Waals surface area contributed by atoms with Gasteiger partial charge in [0, 0.05) is 19.7 Å². The second kappa shape index (κ2) is 8.13. The quantitative estimate of drug-likeness (QED) is 0.713. The maximum absolute atomic E-state index is 12.5. The van der Waals surface area contributed by atoms with Gasteiger partial charge in [0.1, 0.15) is 5.75 Å². The highest BCUT2D eigenvalue weighted by atomic mass is 32.2. The van der Waals surface area contributed by atoms with E-state index in [9.17, 15) is 13.2 Å². The first-order chi connectivity index (χ1) is 11.4. The Hall–Kier alpha value is -2.11. The number of benzene rings is 1. The van der Waals surface area contributed by atoms with Crippen LogP contribution in [0.25, 0.3) is 0 Å². The van der Waals surface area contributed by atoms with Gasteiger partial charge >= 0.3 is 0 Å². The Bertz CT molecular complexity index is 726. The summed E-state index contributed by atoms with van der Waals surface area (Å²) in [5.74, 6) is 0.205. The van der Waals surface area contributed by atoms with Crippen LogP contribution in [0.1, 0.15) is 12.0 Å². The van der Waals surface area contributed by atoms with Gasteiger partial charge in [0.25, 0.3) is 5.91 Å². The van der Waals surface area contributed by atoms with E-state index in [0.29, 0.717) is 30.9 Å². The van der Waals surface area contributed by atoms with Crippen molar-refractivity contribution in [3.05, 3.63) is 29.8 Å². The van der Waals surface area contributed by atoms with Crippen LogP contribution in [0.4, 0.5) is 0 Å². The summed E-state index contributed by atoms with van der Waals surface area (Å²) in [7, 11) is -1.56. The molecule has 0 radical (unpaired) electrons. The number of nitriles is 1. The first-order valence-corrected chi connectivity index (χ1v) is 9.39. The molecule has 1 aliphatic heterocycles. The normalized spacial score (nSPS) is 18.8. The Balaban J connectivity index is 2.00. The molecule has 1 saturated heterocycles. The molecule has 7 nitrogen and oxygen atoms in total. The molecule has 1 fully saturated rings. The van der Waals surface area contributed by atoms with Crippen LogP contribution >= 0.6 is 0 Å². The fourth-order valence-corrected chi connectivity index (χ4v) is 4.34. The van der Waals surface area contributed by atoms with Gasteiger partial charge in [-0.3, -0.25) is 4.79 Å². The smallest absolute Gasteiger partial charge is 0.260 e. The molecular weight excluding hydrogens is 332 g/mol. The van der Waals surface area contributed by atoms with E-state index in [-0.39, 0.29) is 30.1 Å². The zero-order chi connectivity index (χ0) is 17.6. The lowest BCUT2D eigenvalue weighted by molar-refractivity contribution is -0.136. The monoisotopic (exact) mass is 352 g/mol. The van der Waals surface area contributed by atoms with Crippen molar-refractivity contribution in [1.29, 1.82) is 5.26 Å². The third-order valence-electron chi connectivity index (χ3n) is 3.83. The Morgan fingerprint density at radius 3 is 2.88 bits per heavy atom. The molecule has 1 atom stereocenters. The summed E-state index contributed by atoms with van der Waals surface area (Å²) in [6, 6.07) is 8.18. The Labute approximate surface area is 141 Å². The predicted molar refractivity (Wildman–Crippen MR) is 87.3 cm³/mol. The zero-order valence-corrected chi connectivity index (χ0v) is 14.3. The molecule has 1 amide bonds. The zero-order valence-electron chi connectivity index (χ0n) is 13.5. The van der Waals surface area contributed by atoms with Crippen LogP contribution in [-0.4, -0.2) is 63.6 Å². The molecule has 1 aromatic carbocycles. The van der Waals surface area contributed by atoms with Gasteiger partial charge in [0.15, 0.2) is 16.4 Å². The number of methoxy groups -OCH3 is 1. The van der Waals surface area contributed by atoms with Gasteiger partial charge in [-0.15, -0.1) is 0 Å². The maximum Gasteiger partial charge on any atom is 0.260 e. The number of carbonyl (C=O) groups excluding carboxylic acids is 1. The number of carbonyl (C=O) groups is 1. The van der Waals surface area contributed by atoms with Crippen LogP contribution in [0.15, 0.2) is 24.3 Å². The highest BCUT2D eigenvalue weighted by molar-refractivity contribution is 7.91. The van der Waals surface area contributed by atoms with Crippen LogP contribution < -0.4 is 4.74 Å². The van der Waals surface area contributed by atoms with Crippen LogP contribution in [0, 0.1) is 11.3 Å². The van der Waals surface area contributed by atoms with E-state index in [1.165, 1.54) is 12.0 Å². The second-order valence-corrected chi connectivity index (χ2v) is 7.79. The molecule has 1 aliphatic rings. The largest absolute Gasteiger partial charge is 0.484 e. The van der Waals surface area contributed by atoms with Crippen LogP contribution in [0.3, 0.4) is 0 Å². The van der Waals surface area contributed by atoms with Crippen molar-refractivity contribution < 1.29 is 22.7 Å². The number of sulfone groups is 1.